The van der Waals surface area contributed by atoms with Crippen molar-refractivity contribution in [3.8, 4) is 5.75 Å². The summed E-state index contributed by atoms with van der Waals surface area (Å²) in [5.41, 5.74) is 1.56. The molecule has 3 amide bonds. The molecule has 154 valence electrons. The van der Waals surface area contributed by atoms with Crippen LogP contribution in [0.4, 0.5) is 5.69 Å². The zero-order chi connectivity index (χ0) is 21.3. The molecule has 0 spiro atoms. The Morgan fingerprint density at radius 3 is 1.97 bits per heavy atom. The monoisotopic (exact) mass is 407 g/mol. The van der Waals surface area contributed by atoms with Crippen molar-refractivity contribution in [3.05, 3.63) is 59.7 Å². The first-order valence-electron chi connectivity index (χ1n) is 9.70. The second-order valence-corrected chi connectivity index (χ2v) is 7.20. The molecule has 2 aromatic rings. The Hall–Kier alpha value is -3.68. The van der Waals surface area contributed by atoms with Gasteiger partial charge in [-0.3, -0.25) is 19.3 Å². The largest absolute Gasteiger partial charge is 0.425 e. The van der Waals surface area contributed by atoms with Crippen molar-refractivity contribution in [1.82, 2.24) is 9.80 Å². The molecule has 2 aliphatic heterocycles. The van der Waals surface area contributed by atoms with Gasteiger partial charge in [-0.05, 0) is 36.4 Å². The SMILES string of the molecule is CC(=O)N1CCN(c2ccc(OC(=O)CN3C(=O)c4ccccc4C3=O)cc2)CC1. The van der Waals surface area contributed by atoms with Crippen LogP contribution >= 0.6 is 0 Å². The maximum Gasteiger partial charge on any atom is 0.331 e. The molecule has 0 N–H and O–H groups in total. The Labute approximate surface area is 173 Å². The van der Waals surface area contributed by atoms with Crippen molar-refractivity contribution in [3.63, 3.8) is 0 Å². The van der Waals surface area contributed by atoms with Crippen LogP contribution in [0, 0.1) is 0 Å². The van der Waals surface area contributed by atoms with Crippen LogP contribution in [-0.2, 0) is 9.59 Å². The van der Waals surface area contributed by atoms with Crippen molar-refractivity contribution in [2.75, 3.05) is 37.6 Å². The van der Waals surface area contributed by atoms with E-state index in [4.69, 9.17) is 4.74 Å². The highest BCUT2D eigenvalue weighted by atomic mass is 16.5. The normalized spacial score (nSPS) is 16.0. The average molecular weight is 407 g/mol. The van der Waals surface area contributed by atoms with Crippen LogP contribution in [0.15, 0.2) is 48.5 Å². The van der Waals surface area contributed by atoms with Gasteiger partial charge in [0.1, 0.15) is 12.3 Å². The predicted molar refractivity (Wildman–Crippen MR) is 108 cm³/mol. The van der Waals surface area contributed by atoms with Crippen molar-refractivity contribution < 1.29 is 23.9 Å². The summed E-state index contributed by atoms with van der Waals surface area (Å²) in [5, 5.41) is 0. The van der Waals surface area contributed by atoms with Crippen molar-refractivity contribution in [2.45, 2.75) is 6.92 Å². The van der Waals surface area contributed by atoms with E-state index in [0.29, 0.717) is 30.0 Å². The van der Waals surface area contributed by atoms with E-state index < -0.39 is 24.3 Å². The number of amides is 3. The molecule has 0 aromatic heterocycles. The highest BCUT2D eigenvalue weighted by Gasteiger charge is 2.36. The number of piperazine rings is 1. The summed E-state index contributed by atoms with van der Waals surface area (Å²) in [5.74, 6) is -1.26. The second-order valence-electron chi connectivity index (χ2n) is 7.20. The van der Waals surface area contributed by atoms with Crippen molar-refractivity contribution >= 4 is 29.4 Å². The highest BCUT2D eigenvalue weighted by Crippen LogP contribution is 2.23. The van der Waals surface area contributed by atoms with E-state index in [2.05, 4.69) is 4.90 Å². The van der Waals surface area contributed by atoms with Gasteiger partial charge >= 0.3 is 5.97 Å². The molecule has 0 atom stereocenters. The number of imide groups is 1. The number of carbonyl (C=O) groups excluding carboxylic acids is 4. The van der Waals surface area contributed by atoms with Gasteiger partial charge in [0.2, 0.25) is 5.91 Å². The maximum absolute atomic E-state index is 12.3. The highest BCUT2D eigenvalue weighted by molar-refractivity contribution is 6.22. The molecule has 2 aliphatic rings. The van der Waals surface area contributed by atoms with Crippen LogP contribution < -0.4 is 9.64 Å². The van der Waals surface area contributed by atoms with Crippen LogP contribution in [-0.4, -0.2) is 66.2 Å². The number of hydrogen-bond donors (Lipinski definition) is 0. The van der Waals surface area contributed by atoms with E-state index in [0.717, 1.165) is 23.7 Å². The van der Waals surface area contributed by atoms with Gasteiger partial charge in [-0.1, -0.05) is 12.1 Å². The van der Waals surface area contributed by atoms with Gasteiger partial charge in [-0.15, -0.1) is 0 Å². The van der Waals surface area contributed by atoms with Gasteiger partial charge in [0.05, 0.1) is 11.1 Å². The number of esters is 1. The molecule has 0 radical (unpaired) electrons. The maximum atomic E-state index is 12.3. The van der Waals surface area contributed by atoms with Gasteiger partial charge in [0.25, 0.3) is 11.8 Å². The Morgan fingerprint density at radius 2 is 1.43 bits per heavy atom. The molecule has 0 unspecified atom stereocenters. The fourth-order valence-electron chi connectivity index (χ4n) is 3.68. The number of ether oxygens (including phenoxy) is 1. The predicted octanol–water partition coefficient (Wildman–Crippen LogP) is 1.56. The van der Waals surface area contributed by atoms with E-state index in [1.807, 2.05) is 17.0 Å². The number of nitrogens with zero attached hydrogens (tertiary/aromatic N) is 3. The summed E-state index contributed by atoms with van der Waals surface area (Å²) >= 11 is 0. The van der Waals surface area contributed by atoms with E-state index in [-0.39, 0.29) is 5.91 Å². The lowest BCUT2D eigenvalue weighted by Crippen LogP contribution is -2.48. The van der Waals surface area contributed by atoms with Gasteiger partial charge in [-0.2, -0.15) is 0 Å². The van der Waals surface area contributed by atoms with Crippen LogP contribution in [0.25, 0.3) is 0 Å². The molecule has 8 nitrogen and oxygen atoms in total. The van der Waals surface area contributed by atoms with Gasteiger partial charge in [0, 0.05) is 38.8 Å². The number of fused-ring (bicyclic) bond motifs is 1. The fourth-order valence-corrected chi connectivity index (χ4v) is 3.68. The number of rotatable bonds is 4. The third kappa shape index (κ3) is 3.76. The second kappa shape index (κ2) is 7.98. The number of carbonyl (C=O) groups is 4. The number of anilines is 1. The summed E-state index contributed by atoms with van der Waals surface area (Å²) < 4.78 is 5.31. The summed E-state index contributed by atoms with van der Waals surface area (Å²) in [4.78, 5) is 53.3. The molecule has 2 aromatic carbocycles. The molecule has 0 bridgehead atoms. The van der Waals surface area contributed by atoms with E-state index in [1.54, 1.807) is 43.3 Å². The Kier molecular flexibility index (Phi) is 5.22. The first-order valence-corrected chi connectivity index (χ1v) is 9.70. The molecule has 2 heterocycles. The molecule has 1 fully saturated rings. The van der Waals surface area contributed by atoms with Gasteiger partial charge in [0.15, 0.2) is 0 Å². The third-order valence-electron chi connectivity index (χ3n) is 5.32. The number of benzene rings is 2. The Morgan fingerprint density at radius 1 is 0.867 bits per heavy atom. The minimum absolute atomic E-state index is 0.0787. The zero-order valence-electron chi connectivity index (χ0n) is 16.5. The Bertz CT molecular complexity index is 975. The van der Waals surface area contributed by atoms with Crippen molar-refractivity contribution in [1.29, 1.82) is 0 Å². The van der Waals surface area contributed by atoms with Crippen LogP contribution in [0.2, 0.25) is 0 Å². The molecule has 0 saturated carbocycles. The first-order chi connectivity index (χ1) is 14.4. The fraction of sp³-hybridized carbons (Fsp3) is 0.273. The topological polar surface area (TPSA) is 87.2 Å². The molecule has 4 rings (SSSR count). The summed E-state index contributed by atoms with van der Waals surface area (Å²) in [7, 11) is 0. The smallest absolute Gasteiger partial charge is 0.331 e. The van der Waals surface area contributed by atoms with Crippen LogP contribution in [0.3, 0.4) is 0 Å². The summed E-state index contributed by atoms with van der Waals surface area (Å²) in [6, 6.07) is 13.5. The minimum Gasteiger partial charge on any atom is -0.425 e. The van der Waals surface area contributed by atoms with Crippen molar-refractivity contribution in [2.24, 2.45) is 0 Å². The molecule has 1 saturated heterocycles. The molecule has 8 heteroatoms. The van der Waals surface area contributed by atoms with Gasteiger partial charge in [-0.25, -0.2) is 4.79 Å². The third-order valence-corrected chi connectivity index (χ3v) is 5.32. The average Bonchev–Trinajstić information content (AvgIpc) is 2.99. The first kappa shape index (κ1) is 19.6. The molecular weight excluding hydrogens is 386 g/mol. The molecule has 0 aliphatic carbocycles. The summed E-state index contributed by atoms with van der Waals surface area (Å²) in [6.07, 6.45) is 0. The molecular formula is C22H21N3O5. The summed E-state index contributed by atoms with van der Waals surface area (Å²) in [6.45, 7) is 3.94. The molecule has 30 heavy (non-hydrogen) atoms. The Balaban J connectivity index is 1.34. The lowest BCUT2D eigenvalue weighted by atomic mass is 10.1. The number of hydrogen-bond acceptors (Lipinski definition) is 6. The standard InChI is InChI=1S/C22H21N3O5/c1-15(26)23-10-12-24(13-11-23)16-6-8-17(9-7-16)30-20(27)14-25-21(28)18-4-2-3-5-19(18)22(25)29/h2-9H,10-14H2,1H3. The van der Waals surface area contributed by atoms with E-state index in [1.165, 1.54) is 0 Å². The van der Waals surface area contributed by atoms with Gasteiger partial charge < -0.3 is 14.5 Å². The van der Waals surface area contributed by atoms with E-state index >= 15 is 0 Å². The van der Waals surface area contributed by atoms with Crippen LogP contribution in [0.1, 0.15) is 27.6 Å². The van der Waals surface area contributed by atoms with Crippen LogP contribution in [0.5, 0.6) is 5.75 Å². The minimum atomic E-state index is -0.688. The zero-order valence-corrected chi connectivity index (χ0v) is 16.5. The quantitative estimate of drug-likeness (QED) is 0.434. The lowest BCUT2D eigenvalue weighted by molar-refractivity contribution is -0.134. The van der Waals surface area contributed by atoms with E-state index in [9.17, 15) is 19.2 Å². The lowest BCUT2D eigenvalue weighted by Gasteiger charge is -2.35.